The Bertz CT molecular complexity index is 1210. The molecule has 0 bridgehead atoms. The highest BCUT2D eigenvalue weighted by Crippen LogP contribution is 2.48. The van der Waals surface area contributed by atoms with Crippen LogP contribution in [0.2, 0.25) is 0 Å². The van der Waals surface area contributed by atoms with Gasteiger partial charge in [0.15, 0.2) is 0 Å². The third kappa shape index (κ3) is 4.72. The predicted molar refractivity (Wildman–Crippen MR) is 133 cm³/mol. The van der Waals surface area contributed by atoms with Crippen molar-refractivity contribution in [3.8, 4) is 0 Å². The lowest BCUT2D eigenvalue weighted by Gasteiger charge is -2.30. The van der Waals surface area contributed by atoms with Crippen molar-refractivity contribution in [3.63, 3.8) is 0 Å². The fourth-order valence-corrected chi connectivity index (χ4v) is 4.60. The summed E-state index contributed by atoms with van der Waals surface area (Å²) in [6.45, 7) is 10.3. The van der Waals surface area contributed by atoms with Crippen molar-refractivity contribution in [1.82, 2.24) is 9.80 Å². The Balaban J connectivity index is 1.94. The SMILES string of the molecule is CC(C)(C)OC(=O)N1C(=O)C2=C(C3CC=CCC3)N(C(=O)OC(C)(C)C)C(=O)C2=C1c1ccccc1. The minimum atomic E-state index is -0.875. The second-order valence-electron chi connectivity index (χ2n) is 11.1. The van der Waals surface area contributed by atoms with Crippen molar-refractivity contribution in [2.75, 3.05) is 0 Å². The Morgan fingerprint density at radius 3 is 1.89 bits per heavy atom. The Kier molecular flexibility index (Phi) is 6.41. The topological polar surface area (TPSA) is 93.2 Å². The molecular weight excluding hydrogens is 460 g/mol. The lowest BCUT2D eigenvalue weighted by molar-refractivity contribution is -0.124. The molecule has 4 amide bonds. The Hall–Kier alpha value is -3.68. The molecule has 0 saturated heterocycles. The minimum Gasteiger partial charge on any atom is -0.443 e. The molecule has 4 rings (SSSR count). The Morgan fingerprint density at radius 1 is 0.806 bits per heavy atom. The summed E-state index contributed by atoms with van der Waals surface area (Å²) in [4.78, 5) is 56.3. The van der Waals surface area contributed by atoms with Crippen LogP contribution >= 0.6 is 0 Å². The number of carbonyl (C=O) groups is 4. The summed E-state index contributed by atoms with van der Waals surface area (Å²) >= 11 is 0. The fraction of sp³-hybridized carbons (Fsp3) is 0.429. The van der Waals surface area contributed by atoms with E-state index in [9.17, 15) is 19.2 Å². The fourth-order valence-electron chi connectivity index (χ4n) is 4.60. The molecule has 0 fully saturated rings. The van der Waals surface area contributed by atoms with Crippen molar-refractivity contribution < 1.29 is 28.7 Å². The van der Waals surface area contributed by atoms with E-state index in [1.54, 1.807) is 71.9 Å². The summed E-state index contributed by atoms with van der Waals surface area (Å²) in [7, 11) is 0. The van der Waals surface area contributed by atoms with Crippen LogP contribution in [-0.4, -0.2) is 45.0 Å². The minimum absolute atomic E-state index is 0.0208. The van der Waals surface area contributed by atoms with Gasteiger partial charge >= 0.3 is 12.2 Å². The van der Waals surface area contributed by atoms with Crippen LogP contribution in [0.15, 0.2) is 59.3 Å². The van der Waals surface area contributed by atoms with Crippen LogP contribution in [0.25, 0.3) is 5.70 Å². The van der Waals surface area contributed by atoms with Crippen LogP contribution in [0.1, 0.15) is 66.4 Å². The van der Waals surface area contributed by atoms with E-state index in [1.165, 1.54) is 0 Å². The van der Waals surface area contributed by atoms with Crippen LogP contribution in [0.3, 0.4) is 0 Å². The van der Waals surface area contributed by atoms with E-state index in [0.717, 1.165) is 16.2 Å². The number of carbonyl (C=O) groups excluding carboxylic acids is 4. The second kappa shape index (κ2) is 9.08. The molecule has 8 heteroatoms. The van der Waals surface area contributed by atoms with Crippen molar-refractivity contribution >= 4 is 29.7 Å². The molecule has 0 radical (unpaired) electrons. The number of nitrogens with zero attached hydrogens (tertiary/aromatic N) is 2. The average Bonchev–Trinajstić information content (AvgIpc) is 3.25. The molecule has 8 nitrogen and oxygen atoms in total. The molecule has 190 valence electrons. The van der Waals surface area contributed by atoms with Gasteiger partial charge in [-0.1, -0.05) is 42.5 Å². The maximum Gasteiger partial charge on any atom is 0.422 e. The maximum atomic E-state index is 13.9. The zero-order valence-electron chi connectivity index (χ0n) is 21.6. The van der Waals surface area contributed by atoms with Gasteiger partial charge in [0.05, 0.1) is 16.8 Å². The maximum absolute atomic E-state index is 13.9. The van der Waals surface area contributed by atoms with Crippen molar-refractivity contribution in [2.45, 2.75) is 72.0 Å². The molecule has 1 aliphatic carbocycles. The number of fused-ring (bicyclic) bond motifs is 1. The van der Waals surface area contributed by atoms with E-state index < -0.39 is 35.2 Å². The second-order valence-corrected chi connectivity index (χ2v) is 11.1. The smallest absolute Gasteiger partial charge is 0.422 e. The highest BCUT2D eigenvalue weighted by Gasteiger charge is 2.54. The number of hydrogen-bond acceptors (Lipinski definition) is 6. The number of hydrogen-bond donors (Lipinski definition) is 0. The first-order valence-corrected chi connectivity index (χ1v) is 12.1. The van der Waals surface area contributed by atoms with Crippen molar-refractivity contribution in [2.24, 2.45) is 5.92 Å². The normalized spacial score (nSPS) is 20.3. The van der Waals surface area contributed by atoms with E-state index in [-0.39, 0.29) is 28.5 Å². The van der Waals surface area contributed by atoms with Gasteiger partial charge in [0, 0.05) is 11.6 Å². The van der Waals surface area contributed by atoms with Crippen LogP contribution in [0, 0.1) is 5.92 Å². The molecular formula is C28H32N2O6. The summed E-state index contributed by atoms with van der Waals surface area (Å²) in [6, 6.07) is 8.72. The van der Waals surface area contributed by atoms with E-state index in [0.29, 0.717) is 18.4 Å². The first-order chi connectivity index (χ1) is 16.8. The molecule has 1 atom stereocenters. The van der Waals surface area contributed by atoms with Gasteiger partial charge in [0.25, 0.3) is 11.8 Å². The van der Waals surface area contributed by atoms with Gasteiger partial charge in [-0.2, -0.15) is 0 Å². The zero-order valence-corrected chi connectivity index (χ0v) is 21.6. The standard InChI is InChI=1S/C28H32N2O6/c1-27(2,3)35-25(33)29-21(17-13-9-7-10-14-17)19-20(23(29)31)22(18-15-11-8-12-16-18)30(24(19)32)26(34)36-28(4,5)6/h7-11,13-14,18H,12,15-16H2,1-6H3. The van der Waals surface area contributed by atoms with Gasteiger partial charge in [-0.05, 0) is 66.4 Å². The van der Waals surface area contributed by atoms with Gasteiger partial charge < -0.3 is 9.47 Å². The van der Waals surface area contributed by atoms with E-state index >= 15 is 0 Å². The van der Waals surface area contributed by atoms with Gasteiger partial charge in [-0.25, -0.2) is 19.4 Å². The monoisotopic (exact) mass is 492 g/mol. The molecule has 0 N–H and O–H groups in total. The largest absolute Gasteiger partial charge is 0.443 e. The molecule has 1 aromatic carbocycles. The van der Waals surface area contributed by atoms with E-state index in [2.05, 4.69) is 0 Å². The summed E-state index contributed by atoms with van der Waals surface area (Å²) in [5, 5.41) is 0. The van der Waals surface area contributed by atoms with E-state index in [4.69, 9.17) is 9.47 Å². The predicted octanol–water partition coefficient (Wildman–Crippen LogP) is 5.56. The van der Waals surface area contributed by atoms with Gasteiger partial charge in [-0.15, -0.1) is 0 Å². The van der Waals surface area contributed by atoms with Gasteiger partial charge in [0.2, 0.25) is 0 Å². The number of allylic oxidation sites excluding steroid dienone is 3. The molecule has 1 unspecified atom stereocenters. The zero-order chi connectivity index (χ0) is 26.4. The van der Waals surface area contributed by atoms with Crippen molar-refractivity contribution in [3.05, 3.63) is 64.9 Å². The molecule has 0 spiro atoms. The molecule has 3 aliphatic rings. The number of rotatable bonds is 2. The first kappa shape index (κ1) is 25.4. The molecule has 36 heavy (non-hydrogen) atoms. The summed E-state index contributed by atoms with van der Waals surface area (Å²) in [5.74, 6) is -1.62. The lowest BCUT2D eigenvalue weighted by Crippen LogP contribution is -2.42. The van der Waals surface area contributed by atoms with Crippen LogP contribution in [0.5, 0.6) is 0 Å². The van der Waals surface area contributed by atoms with Crippen LogP contribution in [-0.2, 0) is 19.1 Å². The summed E-state index contributed by atoms with van der Waals surface area (Å²) in [6.07, 6.45) is 4.24. The third-order valence-electron chi connectivity index (χ3n) is 5.90. The molecule has 2 heterocycles. The Morgan fingerprint density at radius 2 is 1.36 bits per heavy atom. The molecule has 0 saturated carbocycles. The number of imide groups is 2. The third-order valence-corrected chi connectivity index (χ3v) is 5.90. The van der Waals surface area contributed by atoms with Crippen LogP contribution < -0.4 is 0 Å². The number of ether oxygens (including phenoxy) is 2. The van der Waals surface area contributed by atoms with Gasteiger partial charge in [0.1, 0.15) is 11.2 Å². The summed E-state index contributed by atoms with van der Waals surface area (Å²) in [5.41, 5.74) is -0.727. The first-order valence-electron chi connectivity index (χ1n) is 12.1. The number of benzene rings is 1. The molecule has 2 aliphatic heterocycles. The quantitative estimate of drug-likeness (QED) is 0.502. The average molecular weight is 493 g/mol. The summed E-state index contributed by atoms with van der Waals surface area (Å²) < 4.78 is 11.1. The highest BCUT2D eigenvalue weighted by molar-refractivity contribution is 6.31. The Labute approximate surface area is 211 Å². The molecule has 0 aromatic heterocycles. The van der Waals surface area contributed by atoms with E-state index in [1.807, 2.05) is 12.2 Å². The van der Waals surface area contributed by atoms with Crippen molar-refractivity contribution in [1.29, 1.82) is 0 Å². The van der Waals surface area contributed by atoms with Crippen LogP contribution in [0.4, 0.5) is 9.59 Å². The number of amides is 4. The molecule has 1 aromatic rings. The lowest BCUT2D eigenvalue weighted by atomic mass is 9.88. The van der Waals surface area contributed by atoms with Gasteiger partial charge in [-0.3, -0.25) is 9.59 Å². The highest BCUT2D eigenvalue weighted by atomic mass is 16.6.